The number of carbonyl (C=O) groups excluding carboxylic acids is 1. The molecule has 3 rings (SSSR count). The summed E-state index contributed by atoms with van der Waals surface area (Å²) in [6, 6.07) is 4.98. The Balaban J connectivity index is 1.52. The van der Waals surface area contributed by atoms with Gasteiger partial charge in [-0.05, 0) is 50.1 Å². The van der Waals surface area contributed by atoms with E-state index in [1.54, 1.807) is 0 Å². The summed E-state index contributed by atoms with van der Waals surface area (Å²) in [7, 11) is -22.8. The van der Waals surface area contributed by atoms with E-state index in [1.165, 1.54) is 114 Å². The maximum atomic E-state index is 13.8. The molecule has 0 radical (unpaired) electrons. The first-order valence-electron chi connectivity index (χ1n) is 21.5. The zero-order chi connectivity index (χ0) is 46.4. The number of hydrogen-bond donors (Lipinski definition) is 4. The number of aromatic nitrogens is 2. The molecule has 0 spiro atoms. The minimum atomic E-state index is -6.03. The fourth-order valence-corrected chi connectivity index (χ4v) is 11.7. The van der Waals surface area contributed by atoms with Crippen LogP contribution in [-0.2, 0) is 49.8 Å². The van der Waals surface area contributed by atoms with Crippen molar-refractivity contribution in [3.63, 3.8) is 0 Å². The van der Waals surface area contributed by atoms with Crippen LogP contribution in [0.5, 0.6) is 11.5 Å². The second-order valence-corrected chi connectivity index (χ2v) is 21.5. The number of unbranched alkanes of at least 4 members (excludes halogenated alkanes) is 16. The van der Waals surface area contributed by atoms with Gasteiger partial charge in [0.05, 0.1) is 13.2 Å². The lowest BCUT2D eigenvalue weighted by Crippen LogP contribution is -2.33. The van der Waals surface area contributed by atoms with Gasteiger partial charge in [0, 0.05) is 18.2 Å². The van der Waals surface area contributed by atoms with E-state index in [2.05, 4.69) is 24.8 Å². The van der Waals surface area contributed by atoms with Crippen LogP contribution in [0.1, 0.15) is 148 Å². The van der Waals surface area contributed by atoms with Crippen LogP contribution in [0.15, 0.2) is 52.2 Å². The van der Waals surface area contributed by atoms with Crippen LogP contribution < -0.4 is 20.5 Å². The van der Waals surface area contributed by atoms with Gasteiger partial charge in [-0.3, -0.25) is 28.2 Å². The van der Waals surface area contributed by atoms with Crippen molar-refractivity contribution >= 4 is 37.3 Å². The Morgan fingerprint density at radius 1 is 0.683 bits per heavy atom. The number of ether oxygens (including phenoxy) is 2. The summed E-state index contributed by atoms with van der Waals surface area (Å²) in [5, 5.41) is 0. The lowest BCUT2D eigenvalue weighted by Gasteiger charge is -2.22. The van der Waals surface area contributed by atoms with E-state index in [0.717, 1.165) is 36.7 Å². The first kappa shape index (κ1) is 54.8. The lowest BCUT2D eigenvalue weighted by atomic mass is 10.0. The van der Waals surface area contributed by atoms with E-state index in [4.69, 9.17) is 23.0 Å². The van der Waals surface area contributed by atoms with Crippen molar-refractivity contribution in [1.82, 2.24) is 9.55 Å². The molecule has 0 saturated carbocycles. The second-order valence-electron chi connectivity index (χ2n) is 15.1. The minimum absolute atomic E-state index is 0.119. The Morgan fingerprint density at radius 3 is 1.76 bits per heavy atom. The molecule has 1 aliphatic rings. The standard InChI is InChI=1S/C39H64N2O18P4/c1-4-6-8-9-10-11-12-13-14-15-16-17-18-19-20-21-29-52-63(51,56-34-25-23-33(24-26-34)55-37(42)22-7-5-2)59-62(49,50)58-61(47,48)57-60(45,46)53-31-35-27-28-36(54-35)41-30-32(3)38(43)40-39(41)44/h23-28,30,35-36H,4-22,29,31H2,1-3H3,(H,45,46)(H,47,48)(H,49,50)(H,40,43,44)/t35-,36+,63?/m0/s1. The number of aromatic amines is 1. The molecule has 1 aliphatic heterocycles. The van der Waals surface area contributed by atoms with Crippen molar-refractivity contribution < 1.29 is 73.7 Å². The van der Waals surface area contributed by atoms with Crippen molar-refractivity contribution in [3.8, 4) is 11.5 Å². The molecule has 0 bridgehead atoms. The van der Waals surface area contributed by atoms with Gasteiger partial charge in [0.1, 0.15) is 17.6 Å². The van der Waals surface area contributed by atoms with Gasteiger partial charge in [-0.15, -0.1) is 0 Å². The van der Waals surface area contributed by atoms with Crippen LogP contribution in [0, 0.1) is 6.92 Å². The number of nitrogens with one attached hydrogen (secondary N) is 1. The highest BCUT2D eigenvalue weighted by Crippen LogP contribution is 2.72. The van der Waals surface area contributed by atoms with Crippen LogP contribution in [0.4, 0.5) is 0 Å². The van der Waals surface area contributed by atoms with Gasteiger partial charge in [0.25, 0.3) is 5.56 Å². The molecule has 0 saturated heterocycles. The van der Waals surface area contributed by atoms with E-state index in [0.29, 0.717) is 19.3 Å². The van der Waals surface area contributed by atoms with Crippen molar-refractivity contribution in [2.24, 2.45) is 0 Å². The lowest BCUT2D eigenvalue weighted by molar-refractivity contribution is -0.134. The van der Waals surface area contributed by atoms with Crippen LogP contribution in [0.2, 0.25) is 0 Å². The summed E-state index contributed by atoms with van der Waals surface area (Å²) >= 11 is 0. The number of phosphoric acid groups is 4. The van der Waals surface area contributed by atoms with E-state index in [1.807, 2.05) is 6.92 Å². The second kappa shape index (κ2) is 27.8. The topological polar surface area (TPSA) is 275 Å². The Kier molecular flexibility index (Phi) is 24.2. The summed E-state index contributed by atoms with van der Waals surface area (Å²) in [5.41, 5.74) is -1.21. The summed E-state index contributed by atoms with van der Waals surface area (Å²) in [6.45, 7) is 4.49. The number of carbonyl (C=O) groups is 1. The molecule has 2 heterocycles. The Morgan fingerprint density at radius 2 is 1.19 bits per heavy atom. The van der Waals surface area contributed by atoms with Gasteiger partial charge < -0.3 is 28.7 Å². The van der Waals surface area contributed by atoms with E-state index in [-0.39, 0.29) is 30.1 Å². The molecule has 63 heavy (non-hydrogen) atoms. The fraction of sp³-hybridized carbons (Fsp3) is 0.667. The number of esters is 1. The molecule has 0 fully saturated rings. The zero-order valence-corrected chi connectivity index (χ0v) is 39.8. The first-order valence-corrected chi connectivity index (χ1v) is 27.5. The fourth-order valence-electron chi connectivity index (χ4n) is 6.22. The van der Waals surface area contributed by atoms with Gasteiger partial charge in [0.2, 0.25) is 0 Å². The number of H-pyrrole nitrogens is 1. The molecule has 358 valence electrons. The molecule has 2 aromatic rings. The number of rotatable bonds is 34. The summed E-state index contributed by atoms with van der Waals surface area (Å²) in [5.74, 6) is -0.615. The SMILES string of the molecule is CCCCCCCCCCCCCCCCCCOP(=O)(Oc1ccc(OC(=O)CCCC)cc1)OP(=O)(O)OP(=O)(O)OP(=O)(O)OC[C@@H]1C=C[C@H](n2cc(C)c(=O)[nH]c2=O)O1. The molecule has 1 aromatic heterocycles. The molecule has 0 aliphatic carbocycles. The number of benzene rings is 1. The third kappa shape index (κ3) is 22.5. The van der Waals surface area contributed by atoms with Crippen molar-refractivity contribution in [3.05, 3.63) is 69.0 Å². The molecular formula is C39H64N2O18P4. The van der Waals surface area contributed by atoms with Gasteiger partial charge >= 0.3 is 42.9 Å². The molecule has 4 unspecified atom stereocenters. The first-order chi connectivity index (χ1) is 29.8. The molecule has 0 amide bonds. The monoisotopic (exact) mass is 972 g/mol. The Bertz CT molecular complexity index is 2040. The largest absolute Gasteiger partial charge is 0.539 e. The van der Waals surface area contributed by atoms with Gasteiger partial charge in [0.15, 0.2) is 6.23 Å². The predicted molar refractivity (Wildman–Crippen MR) is 233 cm³/mol. The van der Waals surface area contributed by atoms with Crippen LogP contribution >= 0.6 is 31.3 Å². The Hall–Kier alpha value is -2.53. The maximum absolute atomic E-state index is 13.8. The van der Waals surface area contributed by atoms with Crippen LogP contribution in [0.3, 0.4) is 0 Å². The molecule has 20 nitrogen and oxygen atoms in total. The zero-order valence-electron chi connectivity index (χ0n) is 36.2. The molecule has 6 atom stereocenters. The normalized spacial score (nSPS) is 18.9. The number of nitrogens with zero attached hydrogens (tertiary/aromatic N) is 1. The van der Waals surface area contributed by atoms with E-state index in [9.17, 15) is 47.3 Å². The smallest absolute Gasteiger partial charge is 0.427 e. The molecule has 1 aromatic carbocycles. The molecular weight excluding hydrogens is 908 g/mol. The van der Waals surface area contributed by atoms with Crippen LogP contribution in [0.25, 0.3) is 0 Å². The minimum Gasteiger partial charge on any atom is -0.427 e. The highest BCUT2D eigenvalue weighted by molar-refractivity contribution is 7.69. The number of hydrogen-bond acceptors (Lipinski definition) is 15. The van der Waals surface area contributed by atoms with Crippen molar-refractivity contribution in [1.29, 1.82) is 0 Å². The number of aryl methyl sites for hydroxylation is 1. The Labute approximate surface area is 368 Å². The summed E-state index contributed by atoms with van der Waals surface area (Å²) < 4.78 is 92.2. The highest BCUT2D eigenvalue weighted by Gasteiger charge is 2.47. The van der Waals surface area contributed by atoms with Gasteiger partial charge in [-0.1, -0.05) is 123 Å². The maximum Gasteiger partial charge on any atom is 0.539 e. The molecule has 4 N–H and O–H groups in total. The van der Waals surface area contributed by atoms with Gasteiger partial charge in [-0.25, -0.2) is 23.1 Å². The highest BCUT2D eigenvalue weighted by atomic mass is 31.3. The average Bonchev–Trinajstić information content (AvgIpc) is 3.67. The van der Waals surface area contributed by atoms with Crippen molar-refractivity contribution in [2.75, 3.05) is 13.2 Å². The van der Waals surface area contributed by atoms with Gasteiger partial charge in [-0.2, -0.15) is 12.9 Å². The third-order valence-corrected chi connectivity index (χ3v) is 15.8. The van der Waals surface area contributed by atoms with Crippen molar-refractivity contribution in [2.45, 2.75) is 155 Å². The van der Waals surface area contributed by atoms with Crippen LogP contribution in [-0.4, -0.2) is 49.5 Å². The third-order valence-electron chi connectivity index (χ3n) is 9.50. The quantitative estimate of drug-likeness (QED) is 0.0167. The van der Waals surface area contributed by atoms with E-state index >= 15 is 0 Å². The summed E-state index contributed by atoms with van der Waals surface area (Å²) in [6.07, 6.45) is 21.0. The summed E-state index contributed by atoms with van der Waals surface area (Å²) in [4.78, 5) is 68.8. The predicted octanol–water partition coefficient (Wildman–Crippen LogP) is 10.2. The average molecular weight is 973 g/mol. The molecule has 24 heteroatoms. The van der Waals surface area contributed by atoms with E-state index < -0.39 is 67.4 Å². The number of phosphoric ester groups is 2.